The molecule has 0 bridgehead atoms. The maximum absolute atomic E-state index is 5.20. The van der Waals surface area contributed by atoms with Gasteiger partial charge in [-0.15, -0.1) is 0 Å². The number of aromatic nitrogens is 2. The lowest BCUT2D eigenvalue weighted by atomic mass is 10.2. The quantitative estimate of drug-likeness (QED) is 0.554. The fourth-order valence-electron chi connectivity index (χ4n) is 3.05. The van der Waals surface area contributed by atoms with E-state index in [0.29, 0.717) is 0 Å². The third-order valence-corrected chi connectivity index (χ3v) is 4.56. The van der Waals surface area contributed by atoms with Crippen LogP contribution in [0.1, 0.15) is 0 Å². The Hall–Kier alpha value is -3.47. The van der Waals surface area contributed by atoms with Crippen LogP contribution >= 0.6 is 0 Å². The Kier molecular flexibility index (Phi) is 4.42. The van der Waals surface area contributed by atoms with Gasteiger partial charge in [0, 0.05) is 37.1 Å². The number of benzene rings is 2. The van der Waals surface area contributed by atoms with E-state index in [9.17, 15) is 0 Å². The minimum atomic E-state index is 0.848. The number of fused-ring (bicyclic) bond motifs is 1. The number of ether oxygens (including phenoxy) is 1. The number of methoxy groups -OCH3 is 1. The molecule has 0 aliphatic carbocycles. The van der Waals surface area contributed by atoms with Crippen LogP contribution in [0.5, 0.6) is 5.75 Å². The molecule has 5 heteroatoms. The lowest BCUT2D eigenvalue weighted by Gasteiger charge is -2.12. The maximum atomic E-state index is 5.20. The van der Waals surface area contributed by atoms with Crippen molar-refractivity contribution >= 4 is 28.0 Å². The highest BCUT2D eigenvalue weighted by Gasteiger charge is 2.06. The summed E-state index contributed by atoms with van der Waals surface area (Å²) in [5.74, 6) is 1.76. The summed E-state index contributed by atoms with van der Waals surface area (Å²) in [5.41, 5.74) is 4.28. The van der Waals surface area contributed by atoms with Gasteiger partial charge in [-0.2, -0.15) is 0 Å². The van der Waals surface area contributed by atoms with E-state index in [4.69, 9.17) is 4.74 Å². The summed E-state index contributed by atoms with van der Waals surface area (Å²) in [6.45, 7) is 0. The molecule has 2 heterocycles. The van der Waals surface area contributed by atoms with Gasteiger partial charge in [0.2, 0.25) is 0 Å². The van der Waals surface area contributed by atoms with E-state index in [1.807, 2.05) is 55.5 Å². The molecule has 0 saturated carbocycles. The topological polar surface area (TPSA) is 42.3 Å². The SMILES string of the molecule is COc1ccc(Nc2ccc3c(ccn3-c3ccc(N(C)C)cn3)c2)cc1. The predicted molar refractivity (Wildman–Crippen MR) is 112 cm³/mol. The van der Waals surface area contributed by atoms with Crippen molar-refractivity contribution in [3.8, 4) is 11.6 Å². The van der Waals surface area contributed by atoms with Crippen molar-refractivity contribution in [2.45, 2.75) is 0 Å². The summed E-state index contributed by atoms with van der Waals surface area (Å²) in [6, 6.07) is 20.5. The highest BCUT2D eigenvalue weighted by atomic mass is 16.5. The Morgan fingerprint density at radius 3 is 2.37 bits per heavy atom. The average molecular weight is 358 g/mol. The summed E-state index contributed by atoms with van der Waals surface area (Å²) >= 11 is 0. The molecular formula is C22H22N4O. The molecule has 136 valence electrons. The lowest BCUT2D eigenvalue weighted by Crippen LogP contribution is -2.09. The first-order valence-electron chi connectivity index (χ1n) is 8.80. The van der Waals surface area contributed by atoms with Gasteiger partial charge in [-0.05, 0) is 60.7 Å². The van der Waals surface area contributed by atoms with Gasteiger partial charge >= 0.3 is 0 Å². The van der Waals surface area contributed by atoms with Crippen molar-refractivity contribution in [2.24, 2.45) is 0 Å². The molecule has 4 aromatic rings. The second-order valence-corrected chi connectivity index (χ2v) is 6.58. The monoisotopic (exact) mass is 358 g/mol. The summed E-state index contributed by atoms with van der Waals surface area (Å²) in [4.78, 5) is 6.64. The van der Waals surface area contributed by atoms with Crippen LogP contribution in [-0.2, 0) is 0 Å². The highest BCUT2D eigenvalue weighted by molar-refractivity contribution is 5.86. The fraction of sp³-hybridized carbons (Fsp3) is 0.136. The molecule has 0 spiro atoms. The zero-order valence-electron chi connectivity index (χ0n) is 15.7. The fourth-order valence-corrected chi connectivity index (χ4v) is 3.05. The largest absolute Gasteiger partial charge is 0.497 e. The van der Waals surface area contributed by atoms with Crippen LogP contribution in [0.2, 0.25) is 0 Å². The molecule has 1 N–H and O–H groups in total. The van der Waals surface area contributed by atoms with Crippen LogP contribution in [0.3, 0.4) is 0 Å². The van der Waals surface area contributed by atoms with E-state index in [1.165, 1.54) is 0 Å². The molecule has 0 unspecified atom stereocenters. The first-order chi connectivity index (χ1) is 13.1. The van der Waals surface area contributed by atoms with Gasteiger partial charge in [0.25, 0.3) is 0 Å². The van der Waals surface area contributed by atoms with E-state index < -0.39 is 0 Å². The van der Waals surface area contributed by atoms with E-state index in [2.05, 4.69) is 51.4 Å². The molecule has 0 saturated heterocycles. The van der Waals surface area contributed by atoms with Gasteiger partial charge in [0.15, 0.2) is 0 Å². The normalized spacial score (nSPS) is 10.8. The molecule has 0 aliphatic rings. The van der Waals surface area contributed by atoms with Crippen molar-refractivity contribution in [3.63, 3.8) is 0 Å². The molecule has 2 aromatic carbocycles. The van der Waals surface area contributed by atoms with E-state index in [-0.39, 0.29) is 0 Å². The maximum Gasteiger partial charge on any atom is 0.137 e. The number of nitrogens with one attached hydrogen (secondary N) is 1. The third-order valence-electron chi connectivity index (χ3n) is 4.56. The van der Waals surface area contributed by atoms with Crippen molar-refractivity contribution in [3.05, 3.63) is 73.1 Å². The van der Waals surface area contributed by atoms with Gasteiger partial charge < -0.3 is 19.5 Å². The predicted octanol–water partition coefficient (Wildman–Crippen LogP) is 4.84. The van der Waals surface area contributed by atoms with Gasteiger partial charge in [0.05, 0.1) is 24.5 Å². The van der Waals surface area contributed by atoms with E-state index >= 15 is 0 Å². The highest BCUT2D eigenvalue weighted by Crippen LogP contribution is 2.26. The molecule has 0 amide bonds. The van der Waals surface area contributed by atoms with Gasteiger partial charge in [0.1, 0.15) is 11.6 Å². The van der Waals surface area contributed by atoms with Crippen molar-refractivity contribution in [1.82, 2.24) is 9.55 Å². The Morgan fingerprint density at radius 1 is 0.926 bits per heavy atom. The van der Waals surface area contributed by atoms with Crippen LogP contribution in [0.4, 0.5) is 17.1 Å². The van der Waals surface area contributed by atoms with Crippen molar-refractivity contribution in [2.75, 3.05) is 31.4 Å². The molecule has 0 radical (unpaired) electrons. The van der Waals surface area contributed by atoms with Crippen LogP contribution in [0, 0.1) is 0 Å². The van der Waals surface area contributed by atoms with Gasteiger partial charge in [-0.1, -0.05) is 0 Å². The standard InChI is InChI=1S/C22H22N4O/c1-25(2)19-7-11-22(23-15-19)26-13-12-16-14-18(6-10-21(16)26)24-17-4-8-20(27-3)9-5-17/h4-15,24H,1-3H3. The van der Waals surface area contributed by atoms with E-state index in [1.54, 1.807) is 7.11 Å². The molecule has 0 aliphatic heterocycles. The Labute approximate surface area is 158 Å². The van der Waals surface area contributed by atoms with Gasteiger partial charge in [-0.25, -0.2) is 4.98 Å². The second-order valence-electron chi connectivity index (χ2n) is 6.58. The molecule has 0 atom stereocenters. The lowest BCUT2D eigenvalue weighted by molar-refractivity contribution is 0.415. The third kappa shape index (κ3) is 3.44. The number of nitrogens with zero attached hydrogens (tertiary/aromatic N) is 3. The zero-order valence-corrected chi connectivity index (χ0v) is 15.7. The molecule has 2 aromatic heterocycles. The Bertz CT molecular complexity index is 1050. The van der Waals surface area contributed by atoms with Crippen LogP contribution in [-0.4, -0.2) is 30.8 Å². The minimum absolute atomic E-state index is 0.848. The Balaban J connectivity index is 1.60. The molecule has 5 nitrogen and oxygen atoms in total. The minimum Gasteiger partial charge on any atom is -0.497 e. The number of pyridine rings is 1. The first-order valence-corrected chi connectivity index (χ1v) is 8.80. The smallest absolute Gasteiger partial charge is 0.137 e. The first kappa shape index (κ1) is 17.0. The zero-order chi connectivity index (χ0) is 18.8. The number of rotatable bonds is 5. The van der Waals surface area contributed by atoms with Gasteiger partial charge in [-0.3, -0.25) is 0 Å². The number of anilines is 3. The molecule has 4 rings (SSSR count). The van der Waals surface area contributed by atoms with E-state index in [0.717, 1.165) is 39.5 Å². The van der Waals surface area contributed by atoms with Crippen molar-refractivity contribution in [1.29, 1.82) is 0 Å². The summed E-state index contributed by atoms with van der Waals surface area (Å²) in [6.07, 6.45) is 3.94. The van der Waals surface area contributed by atoms with Crippen LogP contribution in [0.25, 0.3) is 16.7 Å². The summed E-state index contributed by atoms with van der Waals surface area (Å²) in [5, 5.41) is 4.59. The molecule has 0 fully saturated rings. The molecular weight excluding hydrogens is 336 g/mol. The second kappa shape index (κ2) is 7.03. The Morgan fingerprint density at radius 2 is 1.70 bits per heavy atom. The average Bonchev–Trinajstić information content (AvgIpc) is 3.12. The number of hydrogen-bond acceptors (Lipinski definition) is 4. The van der Waals surface area contributed by atoms with Crippen LogP contribution in [0.15, 0.2) is 73.1 Å². The van der Waals surface area contributed by atoms with Crippen molar-refractivity contribution < 1.29 is 4.74 Å². The summed E-state index contributed by atoms with van der Waals surface area (Å²) < 4.78 is 7.31. The summed E-state index contributed by atoms with van der Waals surface area (Å²) in [7, 11) is 5.70. The number of hydrogen-bond donors (Lipinski definition) is 1. The van der Waals surface area contributed by atoms with Crippen LogP contribution < -0.4 is 15.0 Å². The molecule has 27 heavy (non-hydrogen) atoms.